The van der Waals surface area contributed by atoms with Gasteiger partial charge < -0.3 is 10.5 Å². The smallest absolute Gasteiger partial charge is 0.251 e. The third-order valence-electron chi connectivity index (χ3n) is 3.41. The molecule has 0 saturated heterocycles. The van der Waals surface area contributed by atoms with Crippen LogP contribution < -0.4 is 10.0 Å². The fourth-order valence-corrected chi connectivity index (χ4v) is 3.36. The lowest BCUT2D eigenvalue weighted by atomic mass is 10.1. The highest BCUT2D eigenvalue weighted by Gasteiger charge is 2.15. The highest BCUT2D eigenvalue weighted by molar-refractivity contribution is 7.18. The summed E-state index contributed by atoms with van der Waals surface area (Å²) >= 11 is 1.48. The Bertz CT molecular complexity index is 784. The molecule has 2 aromatic carbocycles. The monoisotopic (exact) mass is 312 g/mol. The van der Waals surface area contributed by atoms with Gasteiger partial charge in [0.25, 0.3) is 5.01 Å². The molecule has 1 heterocycles. The number of nitrogens with zero attached hydrogens (tertiary/aromatic N) is 1. The molecule has 112 valence electrons. The molecule has 22 heavy (non-hydrogen) atoms. The number of benzene rings is 2. The summed E-state index contributed by atoms with van der Waals surface area (Å²) in [5.41, 5.74) is 1.68. The van der Waals surface area contributed by atoms with Crippen molar-refractivity contribution in [3.8, 4) is 0 Å². The number of thiazole rings is 1. The lowest BCUT2D eigenvalue weighted by molar-refractivity contribution is -0.580. The first kappa shape index (κ1) is 14.5. The number of aromatic nitrogens is 1. The SMILES string of the molecule is O=C(Cc1ccccc1)NCCc1sc2ccccc2[n+]1[O-]. The molecular formula is C17H16N2O2S. The maximum Gasteiger partial charge on any atom is 0.251 e. The number of para-hydroxylation sites is 1. The molecule has 1 amide bonds. The Labute approximate surface area is 132 Å². The van der Waals surface area contributed by atoms with E-state index in [9.17, 15) is 10.0 Å². The van der Waals surface area contributed by atoms with E-state index in [-0.39, 0.29) is 5.91 Å². The van der Waals surface area contributed by atoms with Gasteiger partial charge >= 0.3 is 0 Å². The van der Waals surface area contributed by atoms with Crippen molar-refractivity contribution in [2.75, 3.05) is 6.54 Å². The minimum atomic E-state index is -0.0234. The van der Waals surface area contributed by atoms with Gasteiger partial charge in [0, 0.05) is 12.6 Å². The molecule has 0 unspecified atom stereocenters. The second-order valence-corrected chi connectivity index (χ2v) is 6.14. The number of hydrogen-bond acceptors (Lipinski definition) is 3. The molecule has 3 aromatic rings. The number of amides is 1. The summed E-state index contributed by atoms with van der Waals surface area (Å²) in [6.07, 6.45) is 0.911. The van der Waals surface area contributed by atoms with Crippen molar-refractivity contribution >= 4 is 27.5 Å². The fourth-order valence-electron chi connectivity index (χ4n) is 2.32. The van der Waals surface area contributed by atoms with Crippen LogP contribution in [0.15, 0.2) is 54.6 Å². The second kappa shape index (κ2) is 6.58. The van der Waals surface area contributed by atoms with E-state index in [1.54, 1.807) is 0 Å². The Kier molecular flexibility index (Phi) is 4.34. The van der Waals surface area contributed by atoms with Crippen LogP contribution in [0.3, 0.4) is 0 Å². The average molecular weight is 312 g/mol. The molecule has 0 radical (unpaired) electrons. The molecule has 0 aliphatic heterocycles. The van der Waals surface area contributed by atoms with Gasteiger partial charge in [0.05, 0.1) is 12.8 Å². The lowest BCUT2D eigenvalue weighted by Gasteiger charge is -2.04. The normalized spacial score (nSPS) is 10.7. The highest BCUT2D eigenvalue weighted by atomic mass is 32.1. The van der Waals surface area contributed by atoms with Crippen LogP contribution in [-0.4, -0.2) is 12.5 Å². The van der Waals surface area contributed by atoms with Gasteiger partial charge in [0.2, 0.25) is 11.4 Å². The van der Waals surface area contributed by atoms with Crippen LogP contribution in [0.25, 0.3) is 10.2 Å². The fraction of sp³-hybridized carbons (Fsp3) is 0.176. The zero-order valence-corrected chi connectivity index (χ0v) is 12.8. The largest absolute Gasteiger partial charge is 0.617 e. The highest BCUT2D eigenvalue weighted by Crippen LogP contribution is 2.19. The Morgan fingerprint density at radius 3 is 2.59 bits per heavy atom. The van der Waals surface area contributed by atoms with Crippen molar-refractivity contribution in [2.45, 2.75) is 12.8 Å². The maximum absolute atomic E-state index is 12.1. The molecule has 1 N–H and O–H groups in total. The topological polar surface area (TPSA) is 56.0 Å². The van der Waals surface area contributed by atoms with Crippen molar-refractivity contribution in [1.82, 2.24) is 5.32 Å². The van der Waals surface area contributed by atoms with E-state index in [1.165, 1.54) is 11.3 Å². The first-order chi connectivity index (χ1) is 10.7. The molecule has 1 aromatic heterocycles. The summed E-state index contributed by atoms with van der Waals surface area (Å²) in [6.45, 7) is 0.473. The first-order valence-corrected chi connectivity index (χ1v) is 7.96. The van der Waals surface area contributed by atoms with Crippen molar-refractivity contribution in [2.24, 2.45) is 0 Å². The van der Waals surface area contributed by atoms with Gasteiger partial charge in [0.1, 0.15) is 4.70 Å². The van der Waals surface area contributed by atoms with Crippen LogP contribution in [-0.2, 0) is 17.6 Å². The van der Waals surface area contributed by atoms with Crippen LogP contribution in [0, 0.1) is 5.21 Å². The summed E-state index contributed by atoms with van der Waals surface area (Å²) in [6, 6.07) is 17.1. The summed E-state index contributed by atoms with van der Waals surface area (Å²) in [4.78, 5) is 11.9. The predicted molar refractivity (Wildman–Crippen MR) is 87.6 cm³/mol. The zero-order valence-electron chi connectivity index (χ0n) is 12.0. The summed E-state index contributed by atoms with van der Waals surface area (Å²) < 4.78 is 1.94. The standard InChI is InChI=1S/C17H16N2O2S/c20-16(12-13-6-2-1-3-7-13)18-11-10-17-19(21)14-8-4-5-9-15(14)22-17/h1-9H,10-12H2,(H,18,20). The quantitative estimate of drug-likeness (QED) is 0.581. The number of hydrogen-bond donors (Lipinski definition) is 1. The maximum atomic E-state index is 12.1. The van der Waals surface area contributed by atoms with E-state index < -0.39 is 0 Å². The lowest BCUT2D eigenvalue weighted by Crippen LogP contribution is -2.33. The van der Waals surface area contributed by atoms with E-state index in [0.717, 1.165) is 20.0 Å². The third kappa shape index (κ3) is 3.26. The van der Waals surface area contributed by atoms with Gasteiger partial charge in [-0.05, 0) is 11.6 Å². The van der Waals surface area contributed by atoms with Gasteiger partial charge in [0.15, 0.2) is 0 Å². The number of fused-ring (bicyclic) bond motifs is 1. The molecule has 0 fully saturated rings. The van der Waals surface area contributed by atoms with Crippen LogP contribution in [0.1, 0.15) is 10.6 Å². The molecule has 0 aliphatic carbocycles. The molecule has 0 saturated carbocycles. The predicted octanol–water partition coefficient (Wildman–Crippen LogP) is 2.44. The van der Waals surface area contributed by atoms with Gasteiger partial charge in [-0.25, -0.2) is 0 Å². The van der Waals surface area contributed by atoms with Crippen LogP contribution >= 0.6 is 11.3 Å². The summed E-state index contributed by atoms with van der Waals surface area (Å²) in [7, 11) is 0. The Morgan fingerprint density at radius 1 is 1.09 bits per heavy atom. The Morgan fingerprint density at radius 2 is 1.82 bits per heavy atom. The van der Waals surface area contributed by atoms with Crippen molar-refractivity contribution < 1.29 is 9.52 Å². The Hall–Kier alpha value is -2.40. The molecule has 3 rings (SSSR count). The van der Waals surface area contributed by atoms with Crippen LogP contribution in [0.4, 0.5) is 0 Å². The van der Waals surface area contributed by atoms with Gasteiger partial charge in [-0.15, -0.1) is 0 Å². The van der Waals surface area contributed by atoms with E-state index in [2.05, 4.69) is 5.32 Å². The van der Waals surface area contributed by atoms with Crippen molar-refractivity contribution in [3.63, 3.8) is 0 Å². The molecule has 0 bridgehead atoms. The second-order valence-electron chi connectivity index (χ2n) is 5.02. The number of carbonyl (C=O) groups is 1. The molecule has 0 atom stereocenters. The molecule has 4 nitrogen and oxygen atoms in total. The molecule has 5 heteroatoms. The number of carbonyl (C=O) groups excluding carboxylic acids is 1. The summed E-state index contributed by atoms with van der Waals surface area (Å²) in [5, 5.41) is 15.7. The number of nitrogens with one attached hydrogen (secondary N) is 1. The third-order valence-corrected chi connectivity index (χ3v) is 4.58. The van der Waals surface area contributed by atoms with Crippen LogP contribution in [0.2, 0.25) is 0 Å². The van der Waals surface area contributed by atoms with E-state index in [1.807, 2.05) is 54.6 Å². The molecule has 0 spiro atoms. The van der Waals surface area contributed by atoms with E-state index in [4.69, 9.17) is 0 Å². The molecule has 0 aliphatic rings. The molecular weight excluding hydrogens is 296 g/mol. The minimum absolute atomic E-state index is 0.0234. The first-order valence-electron chi connectivity index (χ1n) is 7.14. The van der Waals surface area contributed by atoms with Crippen molar-refractivity contribution in [3.05, 3.63) is 70.4 Å². The van der Waals surface area contributed by atoms with Gasteiger partial charge in [-0.3, -0.25) is 4.79 Å². The zero-order chi connectivity index (χ0) is 15.4. The Balaban J connectivity index is 1.56. The van der Waals surface area contributed by atoms with E-state index >= 15 is 0 Å². The van der Waals surface area contributed by atoms with Crippen LogP contribution in [0.5, 0.6) is 0 Å². The van der Waals surface area contributed by atoms with Gasteiger partial charge in [-0.2, -0.15) is 4.73 Å². The average Bonchev–Trinajstić information content (AvgIpc) is 2.85. The van der Waals surface area contributed by atoms with Gasteiger partial charge in [-0.1, -0.05) is 53.8 Å². The summed E-state index contributed by atoms with van der Waals surface area (Å²) in [5.74, 6) is -0.0234. The minimum Gasteiger partial charge on any atom is -0.617 e. The van der Waals surface area contributed by atoms with Crippen molar-refractivity contribution in [1.29, 1.82) is 0 Å². The van der Waals surface area contributed by atoms with E-state index in [0.29, 0.717) is 24.9 Å². The number of rotatable bonds is 5.